The van der Waals surface area contributed by atoms with Crippen LogP contribution in [0.15, 0.2) is 89.8 Å². The zero-order chi connectivity index (χ0) is 21.2. The summed E-state index contributed by atoms with van der Waals surface area (Å²) in [5, 5.41) is 4.23. The maximum absolute atomic E-state index is 5.83. The Morgan fingerprint density at radius 3 is 2.61 bits per heavy atom. The molecule has 4 heterocycles. The van der Waals surface area contributed by atoms with Gasteiger partial charge in [-0.15, -0.1) is 0 Å². The minimum atomic E-state index is -0.0650. The molecule has 0 bridgehead atoms. The van der Waals surface area contributed by atoms with E-state index in [0.29, 0.717) is 11.7 Å². The molecule has 3 aromatic heterocycles. The van der Waals surface area contributed by atoms with Gasteiger partial charge in [-0.25, -0.2) is 0 Å². The van der Waals surface area contributed by atoms with Crippen LogP contribution in [0.1, 0.15) is 41.7 Å². The fourth-order valence-corrected chi connectivity index (χ4v) is 4.58. The van der Waals surface area contributed by atoms with E-state index >= 15 is 0 Å². The largest absolute Gasteiger partial charge is 0.467 e. The van der Waals surface area contributed by atoms with Crippen LogP contribution in [-0.4, -0.2) is 14.7 Å². The third kappa shape index (κ3) is 3.75. The molecule has 156 valence electrons. The number of pyridine rings is 1. The summed E-state index contributed by atoms with van der Waals surface area (Å²) in [5.41, 5.74) is 4.50. The van der Waals surface area contributed by atoms with E-state index < -0.39 is 0 Å². The van der Waals surface area contributed by atoms with Crippen LogP contribution in [-0.2, 0) is 13.0 Å². The van der Waals surface area contributed by atoms with Crippen LogP contribution in [0.4, 0.5) is 5.69 Å². The quantitative estimate of drug-likeness (QED) is 0.424. The lowest BCUT2D eigenvalue weighted by atomic mass is 10.0. The molecule has 5 rings (SSSR count). The molecule has 4 aromatic rings. The van der Waals surface area contributed by atoms with Crippen molar-refractivity contribution in [2.75, 3.05) is 4.90 Å². The molecule has 5 nitrogen and oxygen atoms in total. The monoisotopic (exact) mass is 428 g/mol. The molecule has 2 atom stereocenters. The number of nitrogens with zero attached hydrogens (tertiary/aromatic N) is 3. The number of benzene rings is 1. The van der Waals surface area contributed by atoms with Crippen molar-refractivity contribution >= 4 is 23.0 Å². The summed E-state index contributed by atoms with van der Waals surface area (Å²) >= 11 is 5.83. The van der Waals surface area contributed by atoms with Crippen molar-refractivity contribution in [3.63, 3.8) is 0 Å². The van der Waals surface area contributed by atoms with Gasteiger partial charge in [-0.05, 0) is 72.7 Å². The molecule has 1 aromatic carbocycles. The molecular formula is C25H24N4OS. The number of hydrogen-bond donors (Lipinski definition) is 1. The zero-order valence-electron chi connectivity index (χ0n) is 17.3. The first-order valence-electron chi connectivity index (χ1n) is 10.5. The maximum Gasteiger partial charge on any atom is 0.174 e. The van der Waals surface area contributed by atoms with Gasteiger partial charge in [-0.2, -0.15) is 0 Å². The van der Waals surface area contributed by atoms with Crippen molar-refractivity contribution < 1.29 is 4.42 Å². The van der Waals surface area contributed by atoms with Crippen LogP contribution in [0.25, 0.3) is 0 Å². The van der Waals surface area contributed by atoms with Gasteiger partial charge in [-0.1, -0.05) is 25.1 Å². The van der Waals surface area contributed by atoms with Crippen molar-refractivity contribution in [2.45, 2.75) is 32.0 Å². The van der Waals surface area contributed by atoms with Crippen LogP contribution < -0.4 is 10.2 Å². The lowest BCUT2D eigenvalue weighted by Gasteiger charge is -2.29. The molecule has 1 fully saturated rings. The topological polar surface area (TPSA) is 46.2 Å². The van der Waals surface area contributed by atoms with Crippen molar-refractivity contribution in [2.24, 2.45) is 0 Å². The first-order valence-corrected chi connectivity index (χ1v) is 10.9. The Balaban J connectivity index is 1.59. The predicted molar refractivity (Wildman–Crippen MR) is 126 cm³/mol. The number of anilines is 1. The first kappa shape index (κ1) is 19.6. The smallest absolute Gasteiger partial charge is 0.174 e. The number of aromatic nitrogens is 2. The molecule has 31 heavy (non-hydrogen) atoms. The van der Waals surface area contributed by atoms with Crippen LogP contribution in [0, 0.1) is 0 Å². The summed E-state index contributed by atoms with van der Waals surface area (Å²) in [6.07, 6.45) is 6.64. The highest BCUT2D eigenvalue weighted by atomic mass is 32.1. The summed E-state index contributed by atoms with van der Waals surface area (Å²) < 4.78 is 7.83. The van der Waals surface area contributed by atoms with E-state index in [-0.39, 0.29) is 12.1 Å². The lowest BCUT2D eigenvalue weighted by Crippen LogP contribution is -2.30. The lowest BCUT2D eigenvalue weighted by molar-refractivity contribution is 0.475. The molecule has 0 saturated carbocycles. The van der Waals surface area contributed by atoms with Crippen LogP contribution in [0.5, 0.6) is 0 Å². The summed E-state index contributed by atoms with van der Waals surface area (Å²) in [7, 11) is 0. The van der Waals surface area contributed by atoms with Gasteiger partial charge in [0.25, 0.3) is 0 Å². The van der Waals surface area contributed by atoms with Gasteiger partial charge in [0.15, 0.2) is 5.11 Å². The number of thiocarbonyl (C=S) groups is 1. The average Bonchev–Trinajstić information content (AvgIpc) is 3.55. The number of furan rings is 1. The fraction of sp³-hybridized carbons (Fsp3) is 0.200. The van der Waals surface area contributed by atoms with Crippen LogP contribution in [0.3, 0.4) is 0 Å². The van der Waals surface area contributed by atoms with E-state index in [1.165, 1.54) is 5.56 Å². The van der Waals surface area contributed by atoms with Gasteiger partial charge >= 0.3 is 0 Å². The second kappa shape index (κ2) is 8.40. The summed E-state index contributed by atoms with van der Waals surface area (Å²) in [6, 6.07) is 22.7. The first-order chi connectivity index (χ1) is 15.2. The van der Waals surface area contributed by atoms with Gasteiger partial charge in [0.2, 0.25) is 0 Å². The van der Waals surface area contributed by atoms with Crippen molar-refractivity contribution in [3.8, 4) is 0 Å². The minimum absolute atomic E-state index is 0.0418. The van der Waals surface area contributed by atoms with E-state index in [1.807, 2.05) is 30.5 Å². The summed E-state index contributed by atoms with van der Waals surface area (Å²) in [5.74, 6) is 0.916. The van der Waals surface area contributed by atoms with Crippen molar-refractivity contribution in [1.82, 2.24) is 14.9 Å². The van der Waals surface area contributed by atoms with Gasteiger partial charge in [0, 0.05) is 23.8 Å². The Labute approximate surface area is 187 Å². The second-order valence-corrected chi connectivity index (χ2v) is 8.04. The highest BCUT2D eigenvalue weighted by Gasteiger charge is 2.42. The molecule has 0 aliphatic carbocycles. The van der Waals surface area contributed by atoms with E-state index in [9.17, 15) is 0 Å². The molecule has 1 aliphatic rings. The van der Waals surface area contributed by atoms with Crippen molar-refractivity contribution in [3.05, 3.63) is 108 Å². The Hall–Kier alpha value is -3.38. The molecule has 1 N–H and O–H groups in total. The van der Waals surface area contributed by atoms with Crippen LogP contribution >= 0.6 is 12.2 Å². The number of hydrogen-bond acceptors (Lipinski definition) is 3. The Bertz CT molecular complexity index is 1150. The fourth-order valence-electron chi connectivity index (χ4n) is 4.24. The molecule has 0 amide bonds. The normalized spacial score (nSPS) is 18.4. The molecule has 1 saturated heterocycles. The molecule has 0 unspecified atom stereocenters. The second-order valence-electron chi connectivity index (χ2n) is 7.66. The van der Waals surface area contributed by atoms with E-state index in [1.54, 1.807) is 6.26 Å². The van der Waals surface area contributed by atoms with E-state index in [4.69, 9.17) is 16.6 Å². The minimum Gasteiger partial charge on any atom is -0.467 e. The van der Waals surface area contributed by atoms with E-state index in [2.05, 4.69) is 75.4 Å². The standard InChI is InChI=1S/C25H24N4OS/c1-2-18-10-12-19(13-11-18)29-24(23(27-25(29)31)21-8-3-4-14-26-21)22-9-5-15-28(22)17-20-7-6-16-30-20/h3-16,23-24H,2,17H2,1H3,(H,27,31)/t23-,24-/m0/s1. The Morgan fingerprint density at radius 2 is 1.90 bits per heavy atom. The molecular weight excluding hydrogens is 404 g/mol. The summed E-state index contributed by atoms with van der Waals surface area (Å²) in [4.78, 5) is 6.85. The van der Waals surface area contributed by atoms with Crippen molar-refractivity contribution in [1.29, 1.82) is 0 Å². The van der Waals surface area contributed by atoms with Gasteiger partial charge < -0.3 is 19.2 Å². The Kier molecular flexibility index (Phi) is 5.30. The third-order valence-corrected chi connectivity index (χ3v) is 6.11. The highest BCUT2D eigenvalue weighted by Crippen LogP contribution is 2.41. The molecule has 0 spiro atoms. The Morgan fingerprint density at radius 1 is 1.03 bits per heavy atom. The van der Waals surface area contributed by atoms with Gasteiger partial charge in [0.05, 0.1) is 24.5 Å². The predicted octanol–water partition coefficient (Wildman–Crippen LogP) is 5.26. The maximum atomic E-state index is 5.83. The van der Waals surface area contributed by atoms with Gasteiger partial charge in [0.1, 0.15) is 11.8 Å². The van der Waals surface area contributed by atoms with Crippen LogP contribution in [0.2, 0.25) is 0 Å². The average molecular weight is 429 g/mol. The van der Waals surface area contributed by atoms with E-state index in [0.717, 1.165) is 29.3 Å². The van der Waals surface area contributed by atoms with Gasteiger partial charge in [-0.3, -0.25) is 4.98 Å². The SMILES string of the molecule is CCc1ccc(N2C(=S)N[C@@H](c3ccccn3)[C@@H]2c2cccn2Cc2ccco2)cc1. The summed E-state index contributed by atoms with van der Waals surface area (Å²) in [6.45, 7) is 2.83. The highest BCUT2D eigenvalue weighted by molar-refractivity contribution is 7.80. The third-order valence-electron chi connectivity index (χ3n) is 5.79. The molecule has 0 radical (unpaired) electrons. The number of nitrogens with one attached hydrogen (secondary N) is 1. The number of aryl methyl sites for hydroxylation is 1. The number of rotatable bonds is 6. The molecule has 1 aliphatic heterocycles. The molecule has 6 heteroatoms. The zero-order valence-corrected chi connectivity index (χ0v) is 18.1.